The third kappa shape index (κ3) is 4.69. The van der Waals surface area contributed by atoms with Crippen molar-refractivity contribution in [3.8, 4) is 5.75 Å². The quantitative estimate of drug-likeness (QED) is 0.731. The van der Waals surface area contributed by atoms with Crippen LogP contribution >= 0.6 is 11.8 Å². The summed E-state index contributed by atoms with van der Waals surface area (Å²) in [5.41, 5.74) is 1.20. The summed E-state index contributed by atoms with van der Waals surface area (Å²) >= 11 is 1.72. The lowest BCUT2D eigenvalue weighted by Gasteiger charge is -2.09. The second kappa shape index (κ2) is 7.22. The highest BCUT2D eigenvalue weighted by atomic mass is 32.2. The van der Waals surface area contributed by atoms with Crippen LogP contribution in [0, 0.1) is 5.92 Å². The largest absolute Gasteiger partial charge is 0.497 e. The Morgan fingerprint density at radius 1 is 1.41 bits per heavy atom. The fourth-order valence-corrected chi connectivity index (χ4v) is 2.41. The van der Waals surface area contributed by atoms with Crippen LogP contribution in [0.3, 0.4) is 0 Å². The minimum absolute atomic E-state index is 0.0596. The Morgan fingerprint density at radius 3 is 2.82 bits per heavy atom. The number of carbonyl (C=O) groups excluding carboxylic acids is 1. The molecule has 0 aliphatic rings. The first-order chi connectivity index (χ1) is 8.17. The molecular weight excluding hydrogens is 236 g/mol. The molecule has 94 valence electrons. The van der Waals surface area contributed by atoms with E-state index in [0.29, 0.717) is 0 Å². The van der Waals surface area contributed by atoms with E-state index in [1.54, 1.807) is 18.9 Å². The number of methoxy groups -OCH3 is 2. The van der Waals surface area contributed by atoms with Gasteiger partial charge in [0.25, 0.3) is 0 Å². The predicted molar refractivity (Wildman–Crippen MR) is 70.3 cm³/mol. The summed E-state index contributed by atoms with van der Waals surface area (Å²) in [6, 6.07) is 7.96. The summed E-state index contributed by atoms with van der Waals surface area (Å²) in [5, 5.41) is 0. The Hall–Kier alpha value is -1.16. The molecule has 1 atom stereocenters. The Labute approximate surface area is 106 Å². The molecule has 3 nitrogen and oxygen atoms in total. The Balaban J connectivity index is 2.37. The van der Waals surface area contributed by atoms with Gasteiger partial charge in [-0.15, -0.1) is 0 Å². The van der Waals surface area contributed by atoms with E-state index in [1.165, 1.54) is 12.7 Å². The van der Waals surface area contributed by atoms with Crippen molar-refractivity contribution in [2.45, 2.75) is 12.7 Å². The van der Waals surface area contributed by atoms with Gasteiger partial charge >= 0.3 is 5.97 Å². The highest BCUT2D eigenvalue weighted by molar-refractivity contribution is 7.98. The Kier molecular flexibility index (Phi) is 5.91. The van der Waals surface area contributed by atoms with E-state index in [0.717, 1.165) is 17.3 Å². The summed E-state index contributed by atoms with van der Waals surface area (Å²) in [5.74, 6) is 2.30. The minimum atomic E-state index is -0.150. The molecule has 0 aromatic heterocycles. The van der Waals surface area contributed by atoms with Gasteiger partial charge < -0.3 is 9.47 Å². The smallest absolute Gasteiger partial charge is 0.309 e. The molecule has 0 spiro atoms. The zero-order valence-electron chi connectivity index (χ0n) is 10.4. The van der Waals surface area contributed by atoms with Crippen LogP contribution in [0.2, 0.25) is 0 Å². The number of esters is 1. The van der Waals surface area contributed by atoms with Crippen molar-refractivity contribution in [2.75, 3.05) is 20.0 Å². The van der Waals surface area contributed by atoms with Crippen molar-refractivity contribution < 1.29 is 14.3 Å². The molecule has 0 amide bonds. The number of carbonyl (C=O) groups is 1. The molecular formula is C13H18O3S. The van der Waals surface area contributed by atoms with E-state index in [1.807, 2.05) is 25.1 Å². The number of ether oxygens (including phenoxy) is 2. The fourth-order valence-electron chi connectivity index (χ4n) is 1.39. The highest BCUT2D eigenvalue weighted by Crippen LogP contribution is 2.19. The molecule has 0 aliphatic carbocycles. The summed E-state index contributed by atoms with van der Waals surface area (Å²) in [7, 11) is 3.08. The molecule has 0 heterocycles. The number of rotatable bonds is 6. The van der Waals surface area contributed by atoms with E-state index >= 15 is 0 Å². The number of benzene rings is 1. The first-order valence-electron chi connectivity index (χ1n) is 5.46. The van der Waals surface area contributed by atoms with Crippen molar-refractivity contribution in [3.05, 3.63) is 29.8 Å². The summed E-state index contributed by atoms with van der Waals surface area (Å²) < 4.78 is 9.83. The first-order valence-corrected chi connectivity index (χ1v) is 6.61. The fraction of sp³-hybridized carbons (Fsp3) is 0.462. The SMILES string of the molecule is COC(=O)C(C)CSCc1cccc(OC)c1. The van der Waals surface area contributed by atoms with Crippen LogP contribution in [0.4, 0.5) is 0 Å². The number of hydrogen-bond acceptors (Lipinski definition) is 4. The lowest BCUT2D eigenvalue weighted by molar-refractivity contribution is -0.143. The van der Waals surface area contributed by atoms with Gasteiger partial charge in [0, 0.05) is 11.5 Å². The molecule has 0 fully saturated rings. The molecule has 1 aromatic carbocycles. The molecule has 0 saturated heterocycles. The van der Waals surface area contributed by atoms with E-state index < -0.39 is 0 Å². The van der Waals surface area contributed by atoms with Gasteiger partial charge in [-0.05, 0) is 17.7 Å². The van der Waals surface area contributed by atoms with Crippen LogP contribution in [-0.4, -0.2) is 25.9 Å². The van der Waals surface area contributed by atoms with Crippen LogP contribution in [0.25, 0.3) is 0 Å². The zero-order chi connectivity index (χ0) is 12.7. The lowest BCUT2D eigenvalue weighted by Crippen LogP contribution is -2.14. The average Bonchev–Trinajstić information content (AvgIpc) is 2.37. The van der Waals surface area contributed by atoms with Crippen molar-refractivity contribution in [1.29, 1.82) is 0 Å². The Morgan fingerprint density at radius 2 is 2.18 bits per heavy atom. The van der Waals surface area contributed by atoms with Crippen molar-refractivity contribution >= 4 is 17.7 Å². The summed E-state index contributed by atoms with van der Waals surface area (Å²) in [4.78, 5) is 11.2. The van der Waals surface area contributed by atoms with Gasteiger partial charge in [0.1, 0.15) is 5.75 Å². The van der Waals surface area contributed by atoms with Crippen LogP contribution in [0.15, 0.2) is 24.3 Å². The zero-order valence-corrected chi connectivity index (χ0v) is 11.3. The second-order valence-electron chi connectivity index (χ2n) is 3.79. The van der Waals surface area contributed by atoms with Crippen LogP contribution in [-0.2, 0) is 15.3 Å². The summed E-state index contributed by atoms with van der Waals surface area (Å²) in [6.07, 6.45) is 0. The molecule has 0 bridgehead atoms. The maximum atomic E-state index is 11.2. The standard InChI is InChI=1S/C13H18O3S/c1-10(13(14)16-3)8-17-9-11-5-4-6-12(7-11)15-2/h4-7,10H,8-9H2,1-3H3. The first kappa shape index (κ1) is 13.9. The summed E-state index contributed by atoms with van der Waals surface area (Å²) in [6.45, 7) is 1.88. The highest BCUT2D eigenvalue weighted by Gasteiger charge is 2.12. The van der Waals surface area contributed by atoms with Crippen LogP contribution < -0.4 is 4.74 Å². The van der Waals surface area contributed by atoms with E-state index in [4.69, 9.17) is 4.74 Å². The van der Waals surface area contributed by atoms with E-state index in [9.17, 15) is 4.79 Å². The maximum absolute atomic E-state index is 11.2. The van der Waals surface area contributed by atoms with Gasteiger partial charge in [0.15, 0.2) is 0 Å². The maximum Gasteiger partial charge on any atom is 0.309 e. The minimum Gasteiger partial charge on any atom is -0.497 e. The number of hydrogen-bond donors (Lipinski definition) is 0. The third-order valence-corrected chi connectivity index (χ3v) is 3.65. The third-order valence-electron chi connectivity index (χ3n) is 2.37. The second-order valence-corrected chi connectivity index (χ2v) is 4.82. The molecule has 4 heteroatoms. The van der Waals surface area contributed by atoms with Crippen LogP contribution in [0.5, 0.6) is 5.75 Å². The average molecular weight is 254 g/mol. The molecule has 0 radical (unpaired) electrons. The van der Waals surface area contributed by atoms with Crippen molar-refractivity contribution in [3.63, 3.8) is 0 Å². The van der Waals surface area contributed by atoms with Crippen molar-refractivity contribution in [1.82, 2.24) is 0 Å². The van der Waals surface area contributed by atoms with E-state index in [2.05, 4.69) is 10.8 Å². The lowest BCUT2D eigenvalue weighted by atomic mass is 10.2. The number of thioether (sulfide) groups is 1. The van der Waals surface area contributed by atoms with Gasteiger partial charge in [0.2, 0.25) is 0 Å². The topological polar surface area (TPSA) is 35.5 Å². The van der Waals surface area contributed by atoms with Gasteiger partial charge in [0.05, 0.1) is 20.1 Å². The van der Waals surface area contributed by atoms with Crippen molar-refractivity contribution in [2.24, 2.45) is 5.92 Å². The van der Waals surface area contributed by atoms with Crippen LogP contribution in [0.1, 0.15) is 12.5 Å². The van der Waals surface area contributed by atoms with Gasteiger partial charge in [-0.25, -0.2) is 0 Å². The predicted octanol–water partition coefficient (Wildman–Crippen LogP) is 2.74. The van der Waals surface area contributed by atoms with Gasteiger partial charge in [-0.1, -0.05) is 19.1 Å². The van der Waals surface area contributed by atoms with Gasteiger partial charge in [-0.2, -0.15) is 11.8 Å². The molecule has 1 aromatic rings. The van der Waals surface area contributed by atoms with Gasteiger partial charge in [-0.3, -0.25) is 4.79 Å². The molecule has 1 unspecified atom stereocenters. The molecule has 0 aliphatic heterocycles. The van der Waals surface area contributed by atoms with E-state index in [-0.39, 0.29) is 11.9 Å². The molecule has 17 heavy (non-hydrogen) atoms. The monoisotopic (exact) mass is 254 g/mol. The molecule has 1 rings (SSSR count). The Bertz CT molecular complexity index is 365. The normalized spacial score (nSPS) is 11.9. The molecule has 0 N–H and O–H groups in total. The molecule has 0 saturated carbocycles.